The van der Waals surface area contributed by atoms with Crippen LogP contribution in [0.4, 0.5) is 4.79 Å². The predicted octanol–water partition coefficient (Wildman–Crippen LogP) is 1.93. The molecular formula is C13H17NO3. The van der Waals surface area contributed by atoms with Crippen molar-refractivity contribution in [2.24, 2.45) is 0 Å². The Labute approximate surface area is 101 Å². The van der Waals surface area contributed by atoms with E-state index in [4.69, 9.17) is 0 Å². The number of Topliss-reactive ketones (excluding diaryl/α,β-unsaturated/α-hetero) is 1. The van der Waals surface area contributed by atoms with Gasteiger partial charge in [-0.25, -0.2) is 4.79 Å². The van der Waals surface area contributed by atoms with Crippen LogP contribution in [-0.2, 0) is 16.0 Å². The standard InChI is InChI=1S/C13H17NO3/c1-10(15)8-12(14-13(16)17-2)9-11-6-4-3-5-7-11/h3-7,12H,8-9H2,1-2H3,(H,14,16)/t12-/m0/s1. The summed E-state index contributed by atoms with van der Waals surface area (Å²) in [7, 11) is 1.31. The SMILES string of the molecule is COC(=O)N[C@@H](CC(C)=O)Cc1ccccc1. The zero-order valence-electron chi connectivity index (χ0n) is 10.1. The number of hydrogen-bond acceptors (Lipinski definition) is 3. The van der Waals surface area contributed by atoms with E-state index in [9.17, 15) is 9.59 Å². The van der Waals surface area contributed by atoms with Crippen LogP contribution >= 0.6 is 0 Å². The Morgan fingerprint density at radius 3 is 2.47 bits per heavy atom. The fourth-order valence-electron chi connectivity index (χ4n) is 1.65. The lowest BCUT2D eigenvalue weighted by Gasteiger charge is -2.16. The summed E-state index contributed by atoms with van der Waals surface area (Å²) in [5, 5.41) is 2.66. The fourth-order valence-corrected chi connectivity index (χ4v) is 1.65. The van der Waals surface area contributed by atoms with E-state index in [0.717, 1.165) is 5.56 Å². The summed E-state index contributed by atoms with van der Waals surface area (Å²) in [5.41, 5.74) is 1.08. The van der Waals surface area contributed by atoms with Gasteiger partial charge in [0.2, 0.25) is 0 Å². The number of ketones is 1. The Morgan fingerprint density at radius 1 is 1.29 bits per heavy atom. The summed E-state index contributed by atoms with van der Waals surface area (Å²) in [6, 6.07) is 9.49. The van der Waals surface area contributed by atoms with Crippen molar-refractivity contribution >= 4 is 11.9 Å². The van der Waals surface area contributed by atoms with Crippen LogP contribution in [0.2, 0.25) is 0 Å². The van der Waals surface area contributed by atoms with Crippen molar-refractivity contribution in [3.8, 4) is 0 Å². The number of rotatable bonds is 5. The molecule has 0 fully saturated rings. The van der Waals surface area contributed by atoms with E-state index in [1.807, 2.05) is 30.3 Å². The molecule has 92 valence electrons. The molecule has 0 saturated carbocycles. The predicted molar refractivity (Wildman–Crippen MR) is 64.8 cm³/mol. The number of amides is 1. The summed E-state index contributed by atoms with van der Waals surface area (Å²) >= 11 is 0. The molecule has 0 heterocycles. The van der Waals surface area contributed by atoms with Gasteiger partial charge in [0.05, 0.1) is 7.11 Å². The third kappa shape index (κ3) is 5.15. The molecule has 4 nitrogen and oxygen atoms in total. The van der Waals surface area contributed by atoms with Crippen molar-refractivity contribution in [1.82, 2.24) is 5.32 Å². The number of nitrogens with one attached hydrogen (secondary N) is 1. The highest BCUT2D eigenvalue weighted by Crippen LogP contribution is 2.06. The number of hydrogen-bond donors (Lipinski definition) is 1. The zero-order valence-corrected chi connectivity index (χ0v) is 10.1. The smallest absolute Gasteiger partial charge is 0.407 e. The van der Waals surface area contributed by atoms with Crippen LogP contribution in [0.1, 0.15) is 18.9 Å². The molecule has 0 aromatic heterocycles. The molecule has 4 heteroatoms. The Bertz CT molecular complexity index is 376. The van der Waals surface area contributed by atoms with Crippen molar-refractivity contribution in [1.29, 1.82) is 0 Å². The Balaban J connectivity index is 2.63. The maximum atomic E-state index is 11.1. The van der Waals surface area contributed by atoms with Crippen LogP contribution in [0, 0.1) is 0 Å². The van der Waals surface area contributed by atoms with Crippen LogP contribution in [0.5, 0.6) is 0 Å². The normalized spacial score (nSPS) is 11.6. The third-order valence-electron chi connectivity index (χ3n) is 2.37. The number of carbonyl (C=O) groups excluding carboxylic acids is 2. The topological polar surface area (TPSA) is 55.4 Å². The summed E-state index contributed by atoms with van der Waals surface area (Å²) in [5.74, 6) is 0.0438. The van der Waals surface area contributed by atoms with E-state index in [1.54, 1.807) is 0 Å². The number of benzene rings is 1. The Hall–Kier alpha value is -1.84. The van der Waals surface area contributed by atoms with Gasteiger partial charge in [0.15, 0.2) is 0 Å². The largest absolute Gasteiger partial charge is 0.453 e. The monoisotopic (exact) mass is 235 g/mol. The van der Waals surface area contributed by atoms with Crippen molar-refractivity contribution in [2.45, 2.75) is 25.8 Å². The highest BCUT2D eigenvalue weighted by Gasteiger charge is 2.15. The molecule has 0 unspecified atom stereocenters. The zero-order chi connectivity index (χ0) is 12.7. The van der Waals surface area contributed by atoms with Crippen LogP contribution < -0.4 is 5.32 Å². The van der Waals surface area contributed by atoms with Crippen LogP contribution in [0.3, 0.4) is 0 Å². The Kier molecular flexibility index (Phi) is 5.20. The molecule has 1 aromatic carbocycles. The fraction of sp³-hybridized carbons (Fsp3) is 0.385. The molecule has 1 atom stereocenters. The second-order valence-electron chi connectivity index (χ2n) is 3.93. The van der Waals surface area contributed by atoms with Gasteiger partial charge in [-0.1, -0.05) is 30.3 Å². The van der Waals surface area contributed by atoms with E-state index >= 15 is 0 Å². The molecule has 0 spiro atoms. The highest BCUT2D eigenvalue weighted by molar-refractivity contribution is 5.77. The maximum Gasteiger partial charge on any atom is 0.407 e. The van der Waals surface area contributed by atoms with Gasteiger partial charge in [-0.15, -0.1) is 0 Å². The highest BCUT2D eigenvalue weighted by atomic mass is 16.5. The summed E-state index contributed by atoms with van der Waals surface area (Å²) < 4.78 is 4.54. The second-order valence-corrected chi connectivity index (χ2v) is 3.93. The molecule has 1 N–H and O–H groups in total. The van der Waals surface area contributed by atoms with Gasteiger partial charge < -0.3 is 10.1 Å². The van der Waals surface area contributed by atoms with E-state index in [-0.39, 0.29) is 11.8 Å². The minimum Gasteiger partial charge on any atom is -0.453 e. The minimum atomic E-state index is -0.507. The number of carbonyl (C=O) groups is 2. The van der Waals surface area contributed by atoms with Crippen molar-refractivity contribution in [2.75, 3.05) is 7.11 Å². The molecule has 1 aromatic rings. The van der Waals surface area contributed by atoms with E-state index in [1.165, 1.54) is 14.0 Å². The number of ether oxygens (including phenoxy) is 1. The number of methoxy groups -OCH3 is 1. The van der Waals surface area contributed by atoms with Gasteiger partial charge >= 0.3 is 6.09 Å². The first-order valence-electron chi connectivity index (χ1n) is 5.49. The lowest BCUT2D eigenvalue weighted by Crippen LogP contribution is -2.37. The van der Waals surface area contributed by atoms with Gasteiger partial charge in [-0.2, -0.15) is 0 Å². The lowest BCUT2D eigenvalue weighted by atomic mass is 10.0. The Morgan fingerprint density at radius 2 is 1.94 bits per heavy atom. The number of alkyl carbamates (subject to hydrolysis) is 1. The minimum absolute atomic E-state index is 0.0438. The van der Waals surface area contributed by atoms with Crippen LogP contribution in [-0.4, -0.2) is 25.0 Å². The van der Waals surface area contributed by atoms with E-state index in [0.29, 0.717) is 12.8 Å². The molecule has 0 aliphatic rings. The van der Waals surface area contributed by atoms with Crippen molar-refractivity contribution in [3.63, 3.8) is 0 Å². The summed E-state index contributed by atoms with van der Waals surface area (Å²) in [6.45, 7) is 1.51. The molecule has 1 rings (SSSR count). The van der Waals surface area contributed by atoms with Gasteiger partial charge in [0.1, 0.15) is 5.78 Å². The third-order valence-corrected chi connectivity index (χ3v) is 2.37. The molecule has 0 radical (unpaired) electrons. The van der Waals surface area contributed by atoms with Gasteiger partial charge in [0.25, 0.3) is 0 Å². The maximum absolute atomic E-state index is 11.1. The lowest BCUT2D eigenvalue weighted by molar-refractivity contribution is -0.117. The first-order valence-corrected chi connectivity index (χ1v) is 5.49. The molecular weight excluding hydrogens is 218 g/mol. The first kappa shape index (κ1) is 13.2. The van der Waals surface area contributed by atoms with Crippen LogP contribution in [0.15, 0.2) is 30.3 Å². The molecule has 0 saturated heterocycles. The van der Waals surface area contributed by atoms with Gasteiger partial charge in [-0.05, 0) is 18.9 Å². The second kappa shape index (κ2) is 6.68. The average molecular weight is 235 g/mol. The summed E-state index contributed by atoms with van der Waals surface area (Å²) in [4.78, 5) is 22.3. The van der Waals surface area contributed by atoms with E-state index in [2.05, 4.69) is 10.1 Å². The van der Waals surface area contributed by atoms with Crippen molar-refractivity contribution < 1.29 is 14.3 Å². The van der Waals surface area contributed by atoms with Crippen molar-refractivity contribution in [3.05, 3.63) is 35.9 Å². The summed E-state index contributed by atoms with van der Waals surface area (Å²) in [6.07, 6.45) is 0.423. The molecule has 0 aliphatic heterocycles. The average Bonchev–Trinajstić information content (AvgIpc) is 2.29. The van der Waals surface area contributed by atoms with Gasteiger partial charge in [-0.3, -0.25) is 4.79 Å². The molecule has 0 bridgehead atoms. The molecule has 0 aliphatic carbocycles. The van der Waals surface area contributed by atoms with Crippen LogP contribution in [0.25, 0.3) is 0 Å². The van der Waals surface area contributed by atoms with E-state index < -0.39 is 6.09 Å². The quantitative estimate of drug-likeness (QED) is 0.848. The molecule has 1 amide bonds. The van der Waals surface area contributed by atoms with Gasteiger partial charge in [0, 0.05) is 12.5 Å². The molecule has 17 heavy (non-hydrogen) atoms. The first-order chi connectivity index (χ1) is 8.11.